The lowest BCUT2D eigenvalue weighted by molar-refractivity contribution is 0.609. The van der Waals surface area contributed by atoms with Gasteiger partial charge in [0.15, 0.2) is 5.82 Å². The van der Waals surface area contributed by atoms with Crippen molar-refractivity contribution in [2.45, 2.75) is 0 Å². The van der Waals surface area contributed by atoms with E-state index in [9.17, 15) is 4.39 Å². The summed E-state index contributed by atoms with van der Waals surface area (Å²) in [5.74, 6) is 0.122. The number of aromatic nitrogens is 1. The van der Waals surface area contributed by atoms with Crippen LogP contribution < -0.4 is 4.18 Å². The van der Waals surface area contributed by atoms with Crippen molar-refractivity contribution < 1.29 is 8.57 Å². The van der Waals surface area contributed by atoms with Crippen LogP contribution in [0.4, 0.5) is 4.39 Å². The molecule has 1 aromatic heterocycles. The summed E-state index contributed by atoms with van der Waals surface area (Å²) in [6.07, 6.45) is 3.35. The van der Waals surface area contributed by atoms with Gasteiger partial charge >= 0.3 is 0 Å². The molecule has 0 saturated carbocycles. The molecule has 5 heteroatoms. The molecule has 2 nitrogen and oxygen atoms in total. The SMILES string of the molecule is CSOc1cc(F)c2ncc(Br)cc2c1. The minimum absolute atomic E-state index is 0.353. The maximum absolute atomic E-state index is 13.5. The Morgan fingerprint density at radius 2 is 2.20 bits per heavy atom. The summed E-state index contributed by atoms with van der Waals surface area (Å²) in [7, 11) is 0. The summed E-state index contributed by atoms with van der Waals surface area (Å²) in [5, 5.41) is 0.716. The Bertz CT molecular complexity index is 506. The molecule has 0 spiro atoms. The van der Waals surface area contributed by atoms with Crippen molar-refractivity contribution in [3.05, 3.63) is 34.7 Å². The summed E-state index contributed by atoms with van der Waals surface area (Å²) in [4.78, 5) is 4.00. The molecule has 1 aromatic carbocycles. The van der Waals surface area contributed by atoms with Gasteiger partial charge in [-0.1, -0.05) is 0 Å². The van der Waals surface area contributed by atoms with Crippen LogP contribution in [-0.2, 0) is 0 Å². The zero-order chi connectivity index (χ0) is 10.8. The first-order valence-corrected chi connectivity index (χ1v) is 6.10. The van der Waals surface area contributed by atoms with Gasteiger partial charge in [-0.2, -0.15) is 0 Å². The topological polar surface area (TPSA) is 22.1 Å². The molecule has 15 heavy (non-hydrogen) atoms. The second-order valence-electron chi connectivity index (χ2n) is 2.88. The number of pyridine rings is 1. The van der Waals surface area contributed by atoms with Crippen LogP contribution in [0, 0.1) is 5.82 Å². The van der Waals surface area contributed by atoms with Gasteiger partial charge in [0, 0.05) is 28.4 Å². The van der Waals surface area contributed by atoms with Crippen molar-refractivity contribution in [2.75, 3.05) is 6.26 Å². The van der Waals surface area contributed by atoms with Crippen LogP contribution in [0.3, 0.4) is 0 Å². The van der Waals surface area contributed by atoms with Crippen LogP contribution in [-0.4, -0.2) is 11.2 Å². The second-order valence-corrected chi connectivity index (χ2v) is 4.30. The van der Waals surface area contributed by atoms with E-state index in [1.54, 1.807) is 24.6 Å². The highest BCUT2D eigenvalue weighted by Crippen LogP contribution is 2.26. The lowest BCUT2D eigenvalue weighted by Gasteiger charge is -2.04. The van der Waals surface area contributed by atoms with E-state index in [2.05, 4.69) is 20.9 Å². The van der Waals surface area contributed by atoms with Crippen molar-refractivity contribution in [1.29, 1.82) is 0 Å². The minimum atomic E-state index is -0.371. The smallest absolute Gasteiger partial charge is 0.153 e. The lowest BCUT2D eigenvalue weighted by Crippen LogP contribution is -1.87. The summed E-state index contributed by atoms with van der Waals surface area (Å²) >= 11 is 4.47. The van der Waals surface area contributed by atoms with Crippen LogP contribution in [0.15, 0.2) is 28.9 Å². The van der Waals surface area contributed by atoms with Gasteiger partial charge in [-0.05, 0) is 28.1 Å². The lowest BCUT2D eigenvalue weighted by atomic mass is 10.2. The van der Waals surface area contributed by atoms with Crippen LogP contribution in [0.2, 0.25) is 0 Å². The Labute approximate surface area is 99.2 Å². The molecule has 0 amide bonds. The standard InChI is InChI=1S/C10H7BrFNOS/c1-15-14-8-3-6-2-7(11)5-13-10(6)9(12)4-8/h2-5H,1H3. The zero-order valence-electron chi connectivity index (χ0n) is 7.83. The van der Waals surface area contributed by atoms with E-state index in [1.807, 2.05) is 0 Å². The fraction of sp³-hybridized carbons (Fsp3) is 0.100. The molecular formula is C10H7BrFNOS. The normalized spacial score (nSPS) is 10.6. The summed E-state index contributed by atoms with van der Waals surface area (Å²) in [6, 6.07) is 4.89. The van der Waals surface area contributed by atoms with E-state index in [4.69, 9.17) is 4.18 Å². The predicted octanol–water partition coefficient (Wildman–Crippen LogP) is 3.79. The molecule has 1 heterocycles. The Balaban J connectivity index is 2.63. The minimum Gasteiger partial charge on any atom is -0.426 e. The third kappa shape index (κ3) is 2.23. The molecule has 0 unspecified atom stereocenters. The Hall–Kier alpha value is -0.810. The third-order valence-corrected chi connectivity index (χ3v) is 2.65. The molecule has 0 N–H and O–H groups in total. The summed E-state index contributed by atoms with van der Waals surface area (Å²) in [6.45, 7) is 0. The van der Waals surface area contributed by atoms with Crippen molar-refractivity contribution in [3.63, 3.8) is 0 Å². The van der Waals surface area contributed by atoms with Gasteiger partial charge in [0.1, 0.15) is 11.3 Å². The average Bonchev–Trinajstić information content (AvgIpc) is 2.17. The number of nitrogens with zero attached hydrogens (tertiary/aromatic N) is 1. The molecule has 0 saturated heterocycles. The maximum atomic E-state index is 13.5. The highest BCUT2D eigenvalue weighted by Gasteiger charge is 2.06. The van der Waals surface area contributed by atoms with E-state index in [0.717, 1.165) is 4.47 Å². The predicted molar refractivity (Wildman–Crippen MR) is 63.5 cm³/mol. The van der Waals surface area contributed by atoms with Gasteiger partial charge in [-0.15, -0.1) is 0 Å². The Morgan fingerprint density at radius 1 is 1.40 bits per heavy atom. The summed E-state index contributed by atoms with van der Waals surface area (Å²) in [5.41, 5.74) is 0.353. The number of hydrogen-bond acceptors (Lipinski definition) is 3. The molecule has 0 aliphatic rings. The molecular weight excluding hydrogens is 281 g/mol. The van der Waals surface area contributed by atoms with Gasteiger partial charge in [-0.3, -0.25) is 4.98 Å². The van der Waals surface area contributed by atoms with Crippen LogP contribution >= 0.6 is 28.0 Å². The fourth-order valence-electron chi connectivity index (χ4n) is 1.30. The number of halogens is 2. The van der Waals surface area contributed by atoms with Crippen molar-refractivity contribution in [2.24, 2.45) is 0 Å². The van der Waals surface area contributed by atoms with E-state index in [1.165, 1.54) is 18.1 Å². The quantitative estimate of drug-likeness (QED) is 0.785. The van der Waals surface area contributed by atoms with E-state index in [0.29, 0.717) is 16.7 Å². The van der Waals surface area contributed by atoms with Crippen molar-refractivity contribution in [3.8, 4) is 5.75 Å². The number of benzene rings is 1. The Kier molecular flexibility index (Phi) is 3.11. The molecule has 0 radical (unpaired) electrons. The van der Waals surface area contributed by atoms with Crippen LogP contribution in [0.5, 0.6) is 5.75 Å². The van der Waals surface area contributed by atoms with Gasteiger partial charge in [0.05, 0.1) is 12.0 Å². The number of fused-ring (bicyclic) bond motifs is 1. The van der Waals surface area contributed by atoms with Crippen LogP contribution in [0.1, 0.15) is 0 Å². The maximum Gasteiger partial charge on any atom is 0.153 e. The highest BCUT2D eigenvalue weighted by molar-refractivity contribution is 9.10. The fourth-order valence-corrected chi connectivity index (χ4v) is 1.93. The Morgan fingerprint density at radius 3 is 2.93 bits per heavy atom. The molecule has 0 aliphatic carbocycles. The number of hydrogen-bond donors (Lipinski definition) is 0. The first-order chi connectivity index (χ1) is 7.20. The van der Waals surface area contributed by atoms with Crippen molar-refractivity contribution in [1.82, 2.24) is 4.98 Å². The first-order valence-electron chi connectivity index (χ1n) is 4.16. The first kappa shape index (κ1) is 10.7. The molecule has 78 valence electrons. The van der Waals surface area contributed by atoms with E-state index < -0.39 is 0 Å². The zero-order valence-corrected chi connectivity index (χ0v) is 10.2. The van der Waals surface area contributed by atoms with E-state index in [-0.39, 0.29) is 5.82 Å². The molecule has 0 atom stereocenters. The van der Waals surface area contributed by atoms with Gasteiger partial charge in [0.25, 0.3) is 0 Å². The van der Waals surface area contributed by atoms with Gasteiger partial charge in [-0.25, -0.2) is 4.39 Å². The van der Waals surface area contributed by atoms with Crippen LogP contribution in [0.25, 0.3) is 10.9 Å². The summed E-state index contributed by atoms with van der Waals surface area (Å²) < 4.78 is 19.5. The third-order valence-electron chi connectivity index (χ3n) is 1.86. The largest absolute Gasteiger partial charge is 0.426 e. The molecule has 0 bridgehead atoms. The van der Waals surface area contributed by atoms with Crippen molar-refractivity contribution >= 4 is 38.9 Å². The molecule has 0 aliphatic heterocycles. The molecule has 2 rings (SSSR count). The second kappa shape index (κ2) is 4.37. The average molecular weight is 288 g/mol. The molecule has 0 fully saturated rings. The number of rotatable bonds is 2. The van der Waals surface area contributed by atoms with Gasteiger partial charge < -0.3 is 4.18 Å². The monoisotopic (exact) mass is 287 g/mol. The van der Waals surface area contributed by atoms with Gasteiger partial charge in [0.2, 0.25) is 0 Å². The molecule has 2 aromatic rings. The van der Waals surface area contributed by atoms with E-state index >= 15 is 0 Å². The highest BCUT2D eigenvalue weighted by atomic mass is 79.9.